The average Bonchev–Trinajstić information content (AvgIpc) is 2.65. The van der Waals surface area contributed by atoms with Crippen LogP contribution in [0.15, 0.2) is 59.6 Å². The fourth-order valence-electron chi connectivity index (χ4n) is 2.57. The summed E-state index contributed by atoms with van der Waals surface area (Å²) in [5.41, 5.74) is 1.07. The summed E-state index contributed by atoms with van der Waals surface area (Å²) >= 11 is 0. The minimum Gasteiger partial charge on any atom is -0.442 e. The van der Waals surface area contributed by atoms with E-state index in [-0.39, 0.29) is 30.0 Å². The van der Waals surface area contributed by atoms with Crippen LogP contribution in [0, 0.1) is 10.1 Å². The standard InChI is InChI=1S/C22H24N2O5/c1-22(2,3)29-21(26)23-19(15-17-7-5-4-6-8-17)20(25)14-11-16-9-12-18(13-10-16)24(27)28/h4-10,12-13H,11,14-15H2,1-3H3. The maximum Gasteiger partial charge on any atom is 0.434 e. The highest BCUT2D eigenvalue weighted by molar-refractivity contribution is 6.41. The molecule has 2 aromatic rings. The maximum atomic E-state index is 12.8. The summed E-state index contributed by atoms with van der Waals surface area (Å²) in [5.74, 6) is -0.266. The zero-order valence-electron chi connectivity index (χ0n) is 16.8. The molecular weight excluding hydrogens is 372 g/mol. The molecule has 0 N–H and O–H groups in total. The molecular formula is C22H24N2O5. The number of Topliss-reactive ketones (excluding diaryl/α,β-unsaturated/α-hetero) is 1. The largest absolute Gasteiger partial charge is 0.442 e. The number of nitro groups is 1. The van der Waals surface area contributed by atoms with Gasteiger partial charge in [-0.15, -0.1) is 0 Å². The number of hydrogen-bond donors (Lipinski definition) is 0. The molecule has 0 aliphatic heterocycles. The number of carbonyl (C=O) groups excluding carboxylic acids is 2. The van der Waals surface area contributed by atoms with Crippen LogP contribution in [0.2, 0.25) is 0 Å². The molecule has 0 aliphatic carbocycles. The number of hydrogen-bond acceptors (Lipinski definition) is 5. The molecule has 0 unspecified atom stereocenters. The Morgan fingerprint density at radius 2 is 1.62 bits per heavy atom. The number of aryl methyl sites for hydroxylation is 1. The molecule has 2 rings (SSSR count). The molecule has 7 nitrogen and oxygen atoms in total. The van der Waals surface area contributed by atoms with Crippen molar-refractivity contribution in [3.8, 4) is 0 Å². The van der Waals surface area contributed by atoms with E-state index in [9.17, 15) is 19.7 Å². The monoisotopic (exact) mass is 396 g/mol. The number of ether oxygens (including phenoxy) is 1. The smallest absolute Gasteiger partial charge is 0.434 e. The number of amides is 1. The first-order valence-corrected chi connectivity index (χ1v) is 9.25. The van der Waals surface area contributed by atoms with Gasteiger partial charge in [0, 0.05) is 25.0 Å². The van der Waals surface area contributed by atoms with E-state index in [0.29, 0.717) is 6.42 Å². The lowest BCUT2D eigenvalue weighted by Gasteiger charge is -2.17. The van der Waals surface area contributed by atoms with Crippen LogP contribution in [0.1, 0.15) is 38.3 Å². The van der Waals surface area contributed by atoms with Crippen molar-refractivity contribution in [1.29, 1.82) is 0 Å². The van der Waals surface area contributed by atoms with Gasteiger partial charge in [0.2, 0.25) is 0 Å². The highest BCUT2D eigenvalue weighted by Crippen LogP contribution is 2.14. The van der Waals surface area contributed by atoms with Crippen molar-refractivity contribution in [3.63, 3.8) is 0 Å². The molecule has 0 aliphatic rings. The third kappa shape index (κ3) is 7.65. The van der Waals surface area contributed by atoms with Crippen molar-refractivity contribution in [1.82, 2.24) is 0 Å². The molecule has 0 saturated carbocycles. The molecule has 152 valence electrons. The third-order valence-electron chi connectivity index (χ3n) is 3.94. The molecule has 0 spiro atoms. The van der Waals surface area contributed by atoms with E-state index in [1.807, 2.05) is 30.3 Å². The molecule has 1 amide bonds. The van der Waals surface area contributed by atoms with Crippen molar-refractivity contribution >= 4 is 23.3 Å². The lowest BCUT2D eigenvalue weighted by atomic mass is 10.0. The molecule has 0 saturated heterocycles. The van der Waals surface area contributed by atoms with Crippen LogP contribution in [-0.2, 0) is 22.4 Å². The van der Waals surface area contributed by atoms with Crippen LogP contribution in [0.3, 0.4) is 0 Å². The van der Waals surface area contributed by atoms with Gasteiger partial charge in [0.1, 0.15) is 5.60 Å². The molecule has 0 atom stereocenters. The van der Waals surface area contributed by atoms with E-state index in [2.05, 4.69) is 4.99 Å². The number of non-ortho nitro benzene ring substituents is 1. The van der Waals surface area contributed by atoms with Crippen LogP contribution in [0.4, 0.5) is 10.5 Å². The van der Waals surface area contributed by atoms with Gasteiger partial charge in [-0.05, 0) is 38.3 Å². The Morgan fingerprint density at radius 3 is 2.17 bits per heavy atom. The van der Waals surface area contributed by atoms with Gasteiger partial charge in [0.05, 0.1) is 10.6 Å². The van der Waals surface area contributed by atoms with E-state index in [0.717, 1.165) is 11.1 Å². The van der Waals surface area contributed by atoms with Crippen molar-refractivity contribution in [2.75, 3.05) is 0 Å². The average molecular weight is 396 g/mol. The number of benzene rings is 2. The van der Waals surface area contributed by atoms with Gasteiger partial charge < -0.3 is 4.74 Å². The summed E-state index contributed by atoms with van der Waals surface area (Å²) in [6.45, 7) is 5.19. The maximum absolute atomic E-state index is 12.8. The summed E-state index contributed by atoms with van der Waals surface area (Å²) in [6, 6.07) is 15.3. The molecule has 0 heterocycles. The van der Waals surface area contributed by atoms with Crippen LogP contribution in [0.25, 0.3) is 0 Å². The summed E-state index contributed by atoms with van der Waals surface area (Å²) in [6.07, 6.45) is -0.0585. The van der Waals surface area contributed by atoms with E-state index in [4.69, 9.17) is 4.74 Å². The van der Waals surface area contributed by atoms with E-state index in [1.165, 1.54) is 12.1 Å². The fraction of sp³-hybridized carbons (Fsp3) is 0.318. The molecule has 29 heavy (non-hydrogen) atoms. The van der Waals surface area contributed by atoms with Crippen molar-refractivity contribution in [2.24, 2.45) is 4.99 Å². The van der Waals surface area contributed by atoms with Gasteiger partial charge in [0.25, 0.3) is 5.69 Å². The number of rotatable bonds is 7. The minimum absolute atomic E-state index is 0.00340. The van der Waals surface area contributed by atoms with E-state index < -0.39 is 16.6 Å². The quantitative estimate of drug-likeness (QED) is 0.383. The summed E-state index contributed by atoms with van der Waals surface area (Å²) in [7, 11) is 0. The first kappa shape index (κ1) is 21.9. The van der Waals surface area contributed by atoms with Crippen LogP contribution >= 0.6 is 0 Å². The van der Waals surface area contributed by atoms with Crippen LogP contribution < -0.4 is 0 Å². The Morgan fingerprint density at radius 1 is 1.00 bits per heavy atom. The highest BCUT2D eigenvalue weighted by atomic mass is 16.6. The molecule has 0 fully saturated rings. The number of nitrogens with zero attached hydrogens (tertiary/aromatic N) is 2. The molecule has 0 aromatic heterocycles. The van der Waals surface area contributed by atoms with Crippen LogP contribution in [0.5, 0.6) is 0 Å². The zero-order chi connectivity index (χ0) is 21.4. The number of carbonyl (C=O) groups is 2. The number of nitro benzene ring substituents is 1. The minimum atomic E-state index is -0.799. The normalized spacial score (nSPS) is 11.8. The van der Waals surface area contributed by atoms with Gasteiger partial charge >= 0.3 is 6.09 Å². The van der Waals surface area contributed by atoms with Gasteiger partial charge in [-0.25, -0.2) is 4.79 Å². The first-order chi connectivity index (χ1) is 13.6. The highest BCUT2D eigenvalue weighted by Gasteiger charge is 2.19. The Bertz CT molecular complexity index is 897. The number of aliphatic imine (C=N–C) groups is 1. The first-order valence-electron chi connectivity index (χ1n) is 9.25. The predicted molar refractivity (Wildman–Crippen MR) is 110 cm³/mol. The Labute approximate surface area is 169 Å². The molecule has 2 aromatic carbocycles. The summed E-state index contributed by atoms with van der Waals surface area (Å²) < 4.78 is 5.21. The Hall–Kier alpha value is -3.35. The molecule has 0 radical (unpaired) electrons. The Balaban J connectivity index is 2.12. The van der Waals surface area contributed by atoms with Gasteiger partial charge in [-0.2, -0.15) is 4.99 Å². The van der Waals surface area contributed by atoms with E-state index in [1.54, 1.807) is 32.9 Å². The lowest BCUT2D eigenvalue weighted by Crippen LogP contribution is -2.25. The van der Waals surface area contributed by atoms with Gasteiger partial charge in [-0.3, -0.25) is 14.9 Å². The third-order valence-corrected chi connectivity index (χ3v) is 3.94. The van der Waals surface area contributed by atoms with Crippen molar-refractivity contribution in [3.05, 3.63) is 75.8 Å². The van der Waals surface area contributed by atoms with Gasteiger partial charge in [0.15, 0.2) is 5.78 Å². The Kier molecular flexibility index (Phi) is 7.36. The van der Waals surface area contributed by atoms with E-state index >= 15 is 0 Å². The lowest BCUT2D eigenvalue weighted by molar-refractivity contribution is -0.384. The topological polar surface area (TPSA) is 98.9 Å². The molecule has 0 bridgehead atoms. The summed E-state index contributed by atoms with van der Waals surface area (Å²) in [4.78, 5) is 39.1. The predicted octanol–water partition coefficient (Wildman–Crippen LogP) is 4.72. The molecule has 7 heteroatoms. The second-order valence-corrected chi connectivity index (χ2v) is 7.55. The number of ketones is 1. The zero-order valence-corrected chi connectivity index (χ0v) is 16.8. The summed E-state index contributed by atoms with van der Waals surface area (Å²) in [5, 5.41) is 10.7. The second-order valence-electron chi connectivity index (χ2n) is 7.55. The SMILES string of the molecule is CC(C)(C)OC(=O)N=C(Cc1ccccc1)C(=O)CCc1ccc([N+](=O)[O-])cc1. The van der Waals surface area contributed by atoms with Crippen molar-refractivity contribution in [2.45, 2.75) is 45.6 Å². The second kappa shape index (κ2) is 9.73. The fourth-order valence-corrected chi connectivity index (χ4v) is 2.57. The van der Waals surface area contributed by atoms with Gasteiger partial charge in [-0.1, -0.05) is 42.5 Å². The van der Waals surface area contributed by atoms with Crippen molar-refractivity contribution < 1.29 is 19.2 Å². The van der Waals surface area contributed by atoms with Crippen LogP contribution in [-0.4, -0.2) is 28.1 Å².